The van der Waals surface area contributed by atoms with E-state index in [0.717, 1.165) is 48.4 Å². The first-order valence-electron chi connectivity index (χ1n) is 8.38. The molecule has 8 nitrogen and oxygen atoms in total. The normalized spacial score (nSPS) is 15.7. The molecular formula is C17H20N6O2. The van der Waals surface area contributed by atoms with Crippen molar-refractivity contribution in [3.63, 3.8) is 0 Å². The van der Waals surface area contributed by atoms with Gasteiger partial charge in [-0.1, -0.05) is 23.3 Å². The van der Waals surface area contributed by atoms with Crippen molar-refractivity contribution >= 4 is 22.8 Å². The molecule has 0 saturated carbocycles. The van der Waals surface area contributed by atoms with Gasteiger partial charge in [-0.15, -0.1) is 0 Å². The molecule has 1 fully saturated rings. The molecule has 3 aromatic rings. The Hall–Kier alpha value is -2.90. The van der Waals surface area contributed by atoms with Crippen LogP contribution in [0.25, 0.3) is 11.0 Å². The van der Waals surface area contributed by atoms with Crippen molar-refractivity contribution in [3.8, 4) is 0 Å². The zero-order valence-corrected chi connectivity index (χ0v) is 14.3. The predicted molar refractivity (Wildman–Crippen MR) is 92.5 cm³/mol. The molecule has 1 aliphatic heterocycles. The number of carbonyl (C=O) groups is 1. The monoisotopic (exact) mass is 340 g/mol. The molecule has 0 spiro atoms. The molecule has 0 atom stereocenters. The zero-order chi connectivity index (χ0) is 17.4. The van der Waals surface area contributed by atoms with Gasteiger partial charge in [-0.2, -0.15) is 0 Å². The number of piperidine rings is 1. The summed E-state index contributed by atoms with van der Waals surface area (Å²) in [6.45, 7) is 3.60. The lowest BCUT2D eigenvalue weighted by Gasteiger charge is -2.32. The highest BCUT2D eigenvalue weighted by atomic mass is 16.3. The second-order valence-electron chi connectivity index (χ2n) is 6.44. The summed E-state index contributed by atoms with van der Waals surface area (Å²) < 4.78 is 7.24. The van der Waals surface area contributed by atoms with Crippen molar-refractivity contribution < 1.29 is 9.21 Å². The minimum Gasteiger partial charge on any atom is -0.463 e. The molecule has 25 heavy (non-hydrogen) atoms. The van der Waals surface area contributed by atoms with E-state index in [4.69, 9.17) is 4.42 Å². The summed E-state index contributed by atoms with van der Waals surface area (Å²) in [6, 6.07) is 5.98. The summed E-state index contributed by atoms with van der Waals surface area (Å²) in [5, 5.41) is 15.6. The van der Waals surface area contributed by atoms with Gasteiger partial charge >= 0.3 is 0 Å². The van der Waals surface area contributed by atoms with Crippen molar-refractivity contribution in [2.24, 2.45) is 7.05 Å². The first kappa shape index (κ1) is 15.6. The molecule has 0 bridgehead atoms. The standard InChI is InChI=1S/C17H20N6O2/c1-11-4-3-5-13-14(10-25-15(11)13)16(24)18-12-6-8-23(9-7-12)17-19-20-21-22(17)2/h3-5,10,12H,6-9H2,1-2H3,(H,18,24). The molecule has 1 N–H and O–H groups in total. The van der Waals surface area contributed by atoms with E-state index in [2.05, 4.69) is 25.7 Å². The summed E-state index contributed by atoms with van der Waals surface area (Å²) in [5.41, 5.74) is 2.40. The van der Waals surface area contributed by atoms with E-state index >= 15 is 0 Å². The maximum Gasteiger partial charge on any atom is 0.255 e. The summed E-state index contributed by atoms with van der Waals surface area (Å²) in [5.74, 6) is 0.684. The van der Waals surface area contributed by atoms with Crippen LogP contribution in [0.5, 0.6) is 0 Å². The summed E-state index contributed by atoms with van der Waals surface area (Å²) in [6.07, 6.45) is 3.26. The van der Waals surface area contributed by atoms with Crippen LogP contribution in [0.1, 0.15) is 28.8 Å². The van der Waals surface area contributed by atoms with Gasteiger partial charge in [-0.05, 0) is 35.8 Å². The van der Waals surface area contributed by atoms with E-state index < -0.39 is 0 Å². The molecule has 1 aliphatic rings. The molecule has 3 heterocycles. The van der Waals surface area contributed by atoms with Crippen LogP contribution in [-0.2, 0) is 7.05 Å². The largest absolute Gasteiger partial charge is 0.463 e. The maximum atomic E-state index is 12.6. The van der Waals surface area contributed by atoms with E-state index in [9.17, 15) is 4.79 Å². The van der Waals surface area contributed by atoms with Gasteiger partial charge in [0.25, 0.3) is 5.91 Å². The molecule has 0 aliphatic carbocycles. The number of nitrogens with one attached hydrogen (secondary N) is 1. The Labute approximate surface area is 144 Å². The van der Waals surface area contributed by atoms with Gasteiger partial charge in [0.2, 0.25) is 5.95 Å². The van der Waals surface area contributed by atoms with Crippen LogP contribution in [0.15, 0.2) is 28.9 Å². The van der Waals surface area contributed by atoms with Crippen LogP contribution in [-0.4, -0.2) is 45.2 Å². The first-order valence-corrected chi connectivity index (χ1v) is 8.38. The van der Waals surface area contributed by atoms with Crippen LogP contribution in [0.3, 0.4) is 0 Å². The highest BCUT2D eigenvalue weighted by Crippen LogP contribution is 2.24. The third-order valence-corrected chi connectivity index (χ3v) is 4.75. The van der Waals surface area contributed by atoms with Crippen LogP contribution in [0.2, 0.25) is 0 Å². The number of para-hydroxylation sites is 1. The van der Waals surface area contributed by atoms with Gasteiger partial charge in [0, 0.05) is 31.6 Å². The quantitative estimate of drug-likeness (QED) is 0.780. The Kier molecular flexibility index (Phi) is 3.87. The molecule has 1 saturated heterocycles. The summed E-state index contributed by atoms with van der Waals surface area (Å²) in [4.78, 5) is 14.8. The molecule has 1 amide bonds. The Morgan fingerprint density at radius 1 is 1.32 bits per heavy atom. The van der Waals surface area contributed by atoms with Crippen LogP contribution in [0.4, 0.5) is 5.95 Å². The second-order valence-corrected chi connectivity index (χ2v) is 6.44. The number of carbonyl (C=O) groups excluding carboxylic acids is 1. The molecular weight excluding hydrogens is 320 g/mol. The molecule has 4 rings (SSSR count). The highest BCUT2D eigenvalue weighted by molar-refractivity contribution is 6.06. The first-order chi connectivity index (χ1) is 12.1. The minimum absolute atomic E-state index is 0.0804. The van der Waals surface area contributed by atoms with E-state index in [0.29, 0.717) is 5.56 Å². The second kappa shape index (κ2) is 6.19. The van der Waals surface area contributed by atoms with Gasteiger partial charge in [-0.3, -0.25) is 4.79 Å². The average molecular weight is 340 g/mol. The average Bonchev–Trinajstić information content (AvgIpc) is 3.23. The predicted octanol–water partition coefficient (Wildman–Crippen LogP) is 1.66. The van der Waals surface area contributed by atoms with Crippen molar-refractivity contribution in [2.45, 2.75) is 25.8 Å². The van der Waals surface area contributed by atoms with Gasteiger partial charge < -0.3 is 14.6 Å². The van der Waals surface area contributed by atoms with Crippen LogP contribution in [0, 0.1) is 6.92 Å². The fraction of sp³-hybridized carbons (Fsp3) is 0.412. The molecule has 2 aromatic heterocycles. The number of benzene rings is 1. The summed E-state index contributed by atoms with van der Waals surface area (Å²) >= 11 is 0. The molecule has 130 valence electrons. The number of hydrogen-bond acceptors (Lipinski definition) is 6. The fourth-order valence-corrected chi connectivity index (χ4v) is 3.36. The number of fused-ring (bicyclic) bond motifs is 1. The lowest BCUT2D eigenvalue weighted by molar-refractivity contribution is 0.0932. The lowest BCUT2D eigenvalue weighted by Crippen LogP contribution is -2.45. The lowest BCUT2D eigenvalue weighted by atomic mass is 10.0. The van der Waals surface area contributed by atoms with E-state index in [1.54, 1.807) is 10.9 Å². The van der Waals surface area contributed by atoms with Gasteiger partial charge in [0.15, 0.2) is 0 Å². The smallest absolute Gasteiger partial charge is 0.255 e. The van der Waals surface area contributed by atoms with Gasteiger partial charge in [0.05, 0.1) is 5.56 Å². The summed E-state index contributed by atoms with van der Waals surface area (Å²) in [7, 11) is 1.83. The number of anilines is 1. The Morgan fingerprint density at radius 3 is 2.84 bits per heavy atom. The third-order valence-electron chi connectivity index (χ3n) is 4.75. The third kappa shape index (κ3) is 2.84. The fourth-order valence-electron chi connectivity index (χ4n) is 3.36. The SMILES string of the molecule is Cc1cccc2c(C(=O)NC3CCN(c4nnnn4C)CC3)coc12. The highest BCUT2D eigenvalue weighted by Gasteiger charge is 2.25. The van der Waals surface area contributed by atoms with Crippen LogP contribution < -0.4 is 10.2 Å². The Balaban J connectivity index is 1.42. The number of hydrogen-bond donors (Lipinski definition) is 1. The topological polar surface area (TPSA) is 89.1 Å². The number of aromatic nitrogens is 4. The van der Waals surface area contributed by atoms with E-state index in [-0.39, 0.29) is 11.9 Å². The molecule has 1 aromatic carbocycles. The Morgan fingerprint density at radius 2 is 2.12 bits per heavy atom. The number of tetrazole rings is 1. The molecule has 0 radical (unpaired) electrons. The Bertz CT molecular complexity index is 907. The number of furan rings is 1. The van der Waals surface area contributed by atoms with Crippen molar-refractivity contribution in [1.82, 2.24) is 25.5 Å². The number of rotatable bonds is 3. The number of aryl methyl sites for hydroxylation is 2. The number of amides is 1. The zero-order valence-electron chi connectivity index (χ0n) is 14.3. The molecule has 0 unspecified atom stereocenters. The van der Waals surface area contributed by atoms with Crippen molar-refractivity contribution in [1.29, 1.82) is 0 Å². The number of nitrogens with zero attached hydrogens (tertiary/aromatic N) is 5. The minimum atomic E-state index is -0.0804. The van der Waals surface area contributed by atoms with Crippen LogP contribution >= 0.6 is 0 Å². The van der Waals surface area contributed by atoms with Gasteiger partial charge in [0.1, 0.15) is 11.8 Å². The molecule has 8 heteroatoms. The van der Waals surface area contributed by atoms with Gasteiger partial charge in [-0.25, -0.2) is 4.68 Å². The van der Waals surface area contributed by atoms with Crippen molar-refractivity contribution in [2.75, 3.05) is 18.0 Å². The van der Waals surface area contributed by atoms with Crippen molar-refractivity contribution in [3.05, 3.63) is 35.6 Å². The maximum absolute atomic E-state index is 12.6. The van der Waals surface area contributed by atoms with E-state index in [1.807, 2.05) is 32.2 Å². The van der Waals surface area contributed by atoms with E-state index in [1.165, 1.54) is 0 Å².